The fourth-order valence-corrected chi connectivity index (χ4v) is 2.44. The Balaban J connectivity index is 1.82. The van der Waals surface area contributed by atoms with Gasteiger partial charge in [0.1, 0.15) is 6.17 Å². The van der Waals surface area contributed by atoms with Crippen molar-refractivity contribution in [1.82, 2.24) is 4.90 Å². The average Bonchev–Trinajstić information content (AvgIpc) is 2.28. The molecule has 0 bridgehead atoms. The summed E-state index contributed by atoms with van der Waals surface area (Å²) in [5.41, 5.74) is 0.739. The highest BCUT2D eigenvalue weighted by Crippen LogP contribution is 2.33. The zero-order chi connectivity index (χ0) is 12.3. The highest BCUT2D eigenvalue weighted by Gasteiger charge is 2.33. The van der Waals surface area contributed by atoms with Gasteiger partial charge in [-0.15, -0.1) is 0 Å². The Labute approximate surface area is 109 Å². The number of rotatable bonds is 5. The van der Waals surface area contributed by atoms with Crippen LogP contribution >= 0.6 is 15.9 Å². The van der Waals surface area contributed by atoms with Crippen molar-refractivity contribution in [3.05, 3.63) is 34.3 Å². The third kappa shape index (κ3) is 3.26. The maximum Gasteiger partial charge on any atom is 0.130 e. The summed E-state index contributed by atoms with van der Waals surface area (Å²) in [5, 5.41) is 0. The van der Waals surface area contributed by atoms with Crippen LogP contribution in [0.15, 0.2) is 28.7 Å². The Morgan fingerprint density at radius 2 is 1.94 bits per heavy atom. The molecule has 17 heavy (non-hydrogen) atoms. The van der Waals surface area contributed by atoms with E-state index in [4.69, 9.17) is 0 Å². The minimum Gasteiger partial charge on any atom is -0.302 e. The van der Waals surface area contributed by atoms with Crippen molar-refractivity contribution >= 4 is 15.9 Å². The van der Waals surface area contributed by atoms with Crippen molar-refractivity contribution in [3.8, 4) is 0 Å². The Bertz CT molecular complexity index is 349. The first-order valence-corrected chi connectivity index (χ1v) is 6.68. The first kappa shape index (κ1) is 13.0. The largest absolute Gasteiger partial charge is 0.302 e. The molecule has 1 atom stereocenters. The molecule has 2 rings (SSSR count). The second-order valence-electron chi connectivity index (χ2n) is 4.52. The van der Waals surface area contributed by atoms with E-state index in [1.54, 1.807) is 0 Å². The zero-order valence-corrected chi connectivity index (χ0v) is 11.2. The second-order valence-corrected chi connectivity index (χ2v) is 5.43. The fourth-order valence-electron chi connectivity index (χ4n) is 2.18. The van der Waals surface area contributed by atoms with E-state index in [2.05, 4.69) is 20.8 Å². The van der Waals surface area contributed by atoms with Crippen LogP contribution in [-0.2, 0) is 0 Å². The van der Waals surface area contributed by atoms with Gasteiger partial charge in [0.15, 0.2) is 0 Å². The number of nitrogens with zero attached hydrogens (tertiary/aromatic N) is 1. The van der Waals surface area contributed by atoms with Gasteiger partial charge in [0.05, 0.1) is 6.67 Å². The van der Waals surface area contributed by atoms with Crippen LogP contribution in [0, 0.1) is 5.92 Å². The molecule has 0 radical (unpaired) electrons. The lowest BCUT2D eigenvalue weighted by Gasteiger charge is -2.40. The van der Waals surface area contributed by atoms with Gasteiger partial charge in [-0.25, -0.2) is 4.39 Å². The van der Waals surface area contributed by atoms with Crippen molar-refractivity contribution in [2.45, 2.75) is 12.6 Å². The van der Waals surface area contributed by atoms with Gasteiger partial charge in [-0.1, -0.05) is 28.1 Å². The number of likely N-dealkylation sites (tertiary alicyclic amines) is 1. The molecule has 0 spiro atoms. The molecule has 1 nitrogen and oxygen atoms in total. The van der Waals surface area contributed by atoms with Crippen molar-refractivity contribution in [2.24, 2.45) is 5.92 Å². The Hall–Kier alpha value is -0.480. The first-order valence-electron chi connectivity index (χ1n) is 5.88. The Morgan fingerprint density at radius 3 is 2.53 bits per heavy atom. The average molecular weight is 304 g/mol. The lowest BCUT2D eigenvalue weighted by atomic mass is 9.90. The minimum atomic E-state index is -0.898. The smallest absolute Gasteiger partial charge is 0.130 e. The normalized spacial score (nSPS) is 19.0. The van der Waals surface area contributed by atoms with Crippen molar-refractivity contribution in [1.29, 1.82) is 0 Å². The molecule has 0 amide bonds. The predicted molar refractivity (Wildman–Crippen MR) is 68.5 cm³/mol. The number of alkyl halides is 2. The van der Waals surface area contributed by atoms with Crippen LogP contribution in [0.4, 0.5) is 8.78 Å². The summed E-state index contributed by atoms with van der Waals surface area (Å²) in [6.45, 7) is 1.96. The molecule has 94 valence electrons. The van der Waals surface area contributed by atoms with E-state index in [9.17, 15) is 8.78 Å². The Kier molecular flexibility index (Phi) is 4.51. The first-order chi connectivity index (χ1) is 8.20. The van der Waals surface area contributed by atoms with Crippen LogP contribution < -0.4 is 0 Å². The van der Waals surface area contributed by atoms with Crippen LogP contribution in [0.25, 0.3) is 0 Å². The van der Waals surface area contributed by atoms with Gasteiger partial charge in [0.2, 0.25) is 0 Å². The molecule has 0 aliphatic carbocycles. The molecule has 1 unspecified atom stereocenters. The summed E-state index contributed by atoms with van der Waals surface area (Å²) in [5.74, 6) is 0.0655. The summed E-state index contributed by atoms with van der Waals surface area (Å²) in [7, 11) is 0. The Morgan fingerprint density at radius 1 is 1.29 bits per heavy atom. The molecule has 1 aromatic carbocycles. The third-order valence-electron chi connectivity index (χ3n) is 3.20. The highest BCUT2D eigenvalue weighted by atomic mass is 79.9. The number of hydrogen-bond donors (Lipinski definition) is 0. The van der Waals surface area contributed by atoms with Crippen molar-refractivity contribution in [3.63, 3.8) is 0 Å². The minimum absolute atomic E-state index is 0.0655. The second kappa shape index (κ2) is 5.91. The molecule has 1 saturated heterocycles. The monoisotopic (exact) mass is 303 g/mol. The number of benzene rings is 1. The maximum absolute atomic E-state index is 14.1. The molecule has 1 aliphatic rings. The molecule has 1 fully saturated rings. The van der Waals surface area contributed by atoms with E-state index in [1.165, 1.54) is 0 Å². The standard InChI is InChI=1S/C13H16BrF2N/c14-12-4-2-10(3-5-12)13(16)11-8-17(9-11)7-1-6-15/h2-5,11,13H,1,6-9H2. The van der Waals surface area contributed by atoms with E-state index in [1.807, 2.05) is 24.3 Å². The van der Waals surface area contributed by atoms with Gasteiger partial charge in [-0.2, -0.15) is 0 Å². The summed E-state index contributed by atoms with van der Waals surface area (Å²) in [6.07, 6.45) is -0.341. The molecule has 0 saturated carbocycles. The number of hydrogen-bond acceptors (Lipinski definition) is 1. The number of halogens is 3. The van der Waals surface area contributed by atoms with Gasteiger partial charge in [-0.05, 0) is 24.1 Å². The van der Waals surface area contributed by atoms with Gasteiger partial charge in [0, 0.05) is 30.0 Å². The van der Waals surface area contributed by atoms with Gasteiger partial charge >= 0.3 is 0 Å². The molecule has 1 heterocycles. The topological polar surface area (TPSA) is 3.24 Å². The van der Waals surface area contributed by atoms with Gasteiger partial charge < -0.3 is 4.90 Å². The SMILES string of the molecule is FCCCN1CC(C(F)c2ccc(Br)cc2)C1. The summed E-state index contributed by atoms with van der Waals surface area (Å²) >= 11 is 3.33. The van der Waals surface area contributed by atoms with E-state index >= 15 is 0 Å². The molecule has 1 aliphatic heterocycles. The molecule has 0 aromatic heterocycles. The summed E-state index contributed by atoms with van der Waals surface area (Å²) < 4.78 is 27.0. The lowest BCUT2D eigenvalue weighted by molar-refractivity contribution is 0.0364. The molecular weight excluding hydrogens is 288 g/mol. The summed E-state index contributed by atoms with van der Waals surface area (Å²) in [6, 6.07) is 7.36. The highest BCUT2D eigenvalue weighted by molar-refractivity contribution is 9.10. The van der Waals surface area contributed by atoms with Crippen LogP contribution in [0.5, 0.6) is 0 Å². The van der Waals surface area contributed by atoms with E-state index in [0.29, 0.717) is 6.42 Å². The fraction of sp³-hybridized carbons (Fsp3) is 0.538. The van der Waals surface area contributed by atoms with E-state index in [-0.39, 0.29) is 12.6 Å². The van der Waals surface area contributed by atoms with Crippen molar-refractivity contribution < 1.29 is 8.78 Å². The lowest BCUT2D eigenvalue weighted by Crippen LogP contribution is -2.48. The maximum atomic E-state index is 14.1. The predicted octanol–water partition coefficient (Wildman–Crippen LogP) is 3.75. The quantitative estimate of drug-likeness (QED) is 0.801. The molecule has 0 N–H and O–H groups in total. The van der Waals surface area contributed by atoms with Crippen LogP contribution in [0.1, 0.15) is 18.2 Å². The van der Waals surface area contributed by atoms with E-state index in [0.717, 1.165) is 29.7 Å². The molecular formula is C13H16BrF2N. The zero-order valence-electron chi connectivity index (χ0n) is 9.58. The van der Waals surface area contributed by atoms with Crippen LogP contribution in [-0.4, -0.2) is 31.2 Å². The van der Waals surface area contributed by atoms with Crippen LogP contribution in [0.2, 0.25) is 0 Å². The third-order valence-corrected chi connectivity index (χ3v) is 3.72. The summed E-state index contributed by atoms with van der Waals surface area (Å²) in [4.78, 5) is 2.11. The van der Waals surface area contributed by atoms with Crippen molar-refractivity contribution in [2.75, 3.05) is 26.3 Å². The van der Waals surface area contributed by atoms with E-state index < -0.39 is 6.17 Å². The molecule has 1 aromatic rings. The molecule has 4 heteroatoms. The van der Waals surface area contributed by atoms with Gasteiger partial charge in [-0.3, -0.25) is 4.39 Å². The van der Waals surface area contributed by atoms with Crippen LogP contribution in [0.3, 0.4) is 0 Å². The van der Waals surface area contributed by atoms with Gasteiger partial charge in [0.25, 0.3) is 0 Å².